The Morgan fingerprint density at radius 2 is 2.13 bits per heavy atom. The number of hydrogen-bond donors (Lipinski definition) is 2. The molecule has 3 nitrogen and oxygen atoms in total. The van der Waals surface area contributed by atoms with Gasteiger partial charge in [-0.05, 0) is 31.2 Å². The lowest BCUT2D eigenvalue weighted by atomic mass is 10.2. The van der Waals surface area contributed by atoms with Crippen LogP contribution in [-0.4, -0.2) is 17.1 Å². The van der Waals surface area contributed by atoms with Crippen molar-refractivity contribution in [2.75, 3.05) is 5.32 Å². The molecule has 0 radical (unpaired) electrons. The van der Waals surface area contributed by atoms with E-state index in [1.807, 2.05) is 6.92 Å². The van der Waals surface area contributed by atoms with Gasteiger partial charge in [0.25, 0.3) is 0 Å². The molecule has 15 heavy (non-hydrogen) atoms. The van der Waals surface area contributed by atoms with Gasteiger partial charge >= 0.3 is 5.97 Å². The van der Waals surface area contributed by atoms with Crippen molar-refractivity contribution in [3.05, 3.63) is 29.8 Å². The zero-order valence-electron chi connectivity index (χ0n) is 8.53. The summed E-state index contributed by atoms with van der Waals surface area (Å²) in [6.07, 6.45) is 5.82. The van der Waals surface area contributed by atoms with Crippen LogP contribution in [0.3, 0.4) is 0 Å². The fourth-order valence-corrected chi connectivity index (χ4v) is 1.22. The molecule has 3 heteroatoms. The Morgan fingerprint density at radius 1 is 1.53 bits per heavy atom. The Morgan fingerprint density at radius 3 is 2.60 bits per heavy atom. The summed E-state index contributed by atoms with van der Waals surface area (Å²) in [6.45, 7) is 1.98. The maximum absolute atomic E-state index is 10.6. The normalized spacial score (nSPS) is 11.5. The third-order valence-corrected chi connectivity index (χ3v) is 1.97. The average Bonchev–Trinajstić information content (AvgIpc) is 2.18. The van der Waals surface area contributed by atoms with Gasteiger partial charge in [0.1, 0.15) is 0 Å². The molecule has 0 heterocycles. The molecule has 0 saturated heterocycles. The maximum Gasteiger partial charge on any atom is 0.335 e. The highest BCUT2D eigenvalue weighted by Crippen LogP contribution is 2.11. The Hall–Kier alpha value is -1.95. The summed E-state index contributed by atoms with van der Waals surface area (Å²) in [5.74, 6) is 1.64. The molecule has 0 fully saturated rings. The number of carboxylic acids is 1. The van der Waals surface area contributed by atoms with Crippen LogP contribution in [-0.2, 0) is 0 Å². The monoisotopic (exact) mass is 203 g/mol. The minimum Gasteiger partial charge on any atom is -0.478 e. The van der Waals surface area contributed by atoms with E-state index < -0.39 is 5.97 Å². The lowest BCUT2D eigenvalue weighted by molar-refractivity contribution is 0.0697. The summed E-state index contributed by atoms with van der Waals surface area (Å²) in [5.41, 5.74) is 1.16. The molecule has 78 valence electrons. The van der Waals surface area contributed by atoms with E-state index >= 15 is 0 Å². The minimum atomic E-state index is -0.918. The van der Waals surface area contributed by atoms with E-state index in [1.54, 1.807) is 24.3 Å². The fourth-order valence-electron chi connectivity index (χ4n) is 1.22. The molecule has 0 aliphatic carbocycles. The highest BCUT2D eigenvalue weighted by molar-refractivity contribution is 5.87. The van der Waals surface area contributed by atoms with Crippen LogP contribution >= 0.6 is 0 Å². The van der Waals surface area contributed by atoms with Gasteiger partial charge in [-0.2, -0.15) is 0 Å². The summed E-state index contributed by atoms with van der Waals surface area (Å²) < 4.78 is 0. The minimum absolute atomic E-state index is 0.186. The first-order valence-electron chi connectivity index (χ1n) is 4.67. The fraction of sp³-hybridized carbons (Fsp3) is 0.250. The molecule has 2 N–H and O–H groups in total. The van der Waals surface area contributed by atoms with Crippen molar-refractivity contribution in [3.8, 4) is 12.3 Å². The van der Waals surface area contributed by atoms with Gasteiger partial charge in [-0.1, -0.05) is 0 Å². The van der Waals surface area contributed by atoms with Crippen LogP contribution in [0.2, 0.25) is 0 Å². The van der Waals surface area contributed by atoms with Crippen molar-refractivity contribution in [2.45, 2.75) is 19.4 Å². The van der Waals surface area contributed by atoms with Crippen LogP contribution in [0.1, 0.15) is 23.7 Å². The molecule has 0 aromatic heterocycles. The van der Waals surface area contributed by atoms with Crippen LogP contribution < -0.4 is 5.32 Å². The highest BCUT2D eigenvalue weighted by Gasteiger charge is 2.03. The van der Waals surface area contributed by atoms with E-state index in [-0.39, 0.29) is 11.6 Å². The van der Waals surface area contributed by atoms with Crippen molar-refractivity contribution in [1.82, 2.24) is 0 Å². The van der Waals surface area contributed by atoms with E-state index in [4.69, 9.17) is 11.5 Å². The summed E-state index contributed by atoms with van der Waals surface area (Å²) in [5, 5.41) is 11.9. The summed E-state index contributed by atoms with van der Waals surface area (Å²) >= 11 is 0. The topological polar surface area (TPSA) is 49.3 Å². The quantitative estimate of drug-likeness (QED) is 0.737. The molecule has 0 saturated carbocycles. The van der Waals surface area contributed by atoms with E-state index in [1.165, 1.54) is 0 Å². The smallest absolute Gasteiger partial charge is 0.335 e. The second-order valence-electron chi connectivity index (χ2n) is 3.34. The number of carboxylic acid groups (broad SMARTS) is 1. The number of carbonyl (C=O) groups is 1. The number of hydrogen-bond acceptors (Lipinski definition) is 2. The number of terminal acetylenes is 1. The van der Waals surface area contributed by atoms with Crippen LogP contribution in [0, 0.1) is 12.3 Å². The van der Waals surface area contributed by atoms with Gasteiger partial charge in [-0.15, -0.1) is 12.3 Å². The Kier molecular flexibility index (Phi) is 3.75. The molecule has 0 aliphatic rings. The van der Waals surface area contributed by atoms with Crippen LogP contribution in [0.4, 0.5) is 5.69 Å². The first-order valence-corrected chi connectivity index (χ1v) is 4.67. The number of nitrogens with one attached hydrogen (secondary N) is 1. The predicted molar refractivity (Wildman–Crippen MR) is 59.9 cm³/mol. The molecule has 0 amide bonds. The molecule has 1 aromatic rings. The second-order valence-corrected chi connectivity index (χ2v) is 3.34. The van der Waals surface area contributed by atoms with E-state index in [9.17, 15) is 4.79 Å². The number of anilines is 1. The molecule has 0 bridgehead atoms. The van der Waals surface area contributed by atoms with Crippen molar-refractivity contribution >= 4 is 11.7 Å². The molecule has 1 atom stereocenters. The third-order valence-electron chi connectivity index (χ3n) is 1.97. The molecule has 1 unspecified atom stereocenters. The Bertz CT molecular complexity index is 376. The Balaban J connectivity index is 2.65. The van der Waals surface area contributed by atoms with E-state index in [0.29, 0.717) is 6.42 Å². The average molecular weight is 203 g/mol. The van der Waals surface area contributed by atoms with Crippen LogP contribution in [0.25, 0.3) is 0 Å². The molecular weight excluding hydrogens is 190 g/mol. The molecule has 1 aromatic carbocycles. The van der Waals surface area contributed by atoms with Crippen molar-refractivity contribution in [2.24, 2.45) is 0 Å². The Labute approximate surface area is 89.1 Å². The van der Waals surface area contributed by atoms with Gasteiger partial charge in [0, 0.05) is 18.2 Å². The highest BCUT2D eigenvalue weighted by atomic mass is 16.4. The molecule has 0 aliphatic heterocycles. The van der Waals surface area contributed by atoms with Gasteiger partial charge in [0.15, 0.2) is 0 Å². The van der Waals surface area contributed by atoms with Gasteiger partial charge in [0.2, 0.25) is 0 Å². The lowest BCUT2D eigenvalue weighted by Crippen LogP contribution is -2.13. The number of rotatable bonds is 4. The van der Waals surface area contributed by atoms with Crippen LogP contribution in [0.15, 0.2) is 24.3 Å². The standard InChI is InChI=1S/C12H13NO2/c1-3-4-9(2)13-11-7-5-10(6-8-11)12(14)15/h1,5-9,13H,4H2,2H3,(H,14,15). The summed E-state index contributed by atoms with van der Waals surface area (Å²) in [6, 6.07) is 6.78. The molecule has 0 spiro atoms. The number of benzene rings is 1. The van der Waals surface area contributed by atoms with Crippen molar-refractivity contribution < 1.29 is 9.90 Å². The first-order chi connectivity index (χ1) is 7.13. The SMILES string of the molecule is C#CCC(C)Nc1ccc(C(=O)O)cc1. The van der Waals surface area contributed by atoms with Crippen molar-refractivity contribution in [1.29, 1.82) is 0 Å². The largest absolute Gasteiger partial charge is 0.478 e. The third kappa shape index (κ3) is 3.35. The first kappa shape index (κ1) is 11.1. The maximum atomic E-state index is 10.6. The molecular formula is C12H13NO2. The van der Waals surface area contributed by atoms with Gasteiger partial charge < -0.3 is 10.4 Å². The lowest BCUT2D eigenvalue weighted by Gasteiger charge is -2.12. The molecule has 1 rings (SSSR count). The number of aromatic carboxylic acids is 1. The van der Waals surface area contributed by atoms with Crippen LogP contribution in [0.5, 0.6) is 0 Å². The second kappa shape index (κ2) is 5.06. The predicted octanol–water partition coefficient (Wildman–Crippen LogP) is 2.21. The van der Waals surface area contributed by atoms with Gasteiger partial charge in [0.05, 0.1) is 5.56 Å². The van der Waals surface area contributed by atoms with Gasteiger partial charge in [-0.25, -0.2) is 4.79 Å². The van der Waals surface area contributed by atoms with Gasteiger partial charge in [-0.3, -0.25) is 0 Å². The van der Waals surface area contributed by atoms with Crippen molar-refractivity contribution in [3.63, 3.8) is 0 Å². The van der Waals surface area contributed by atoms with E-state index in [0.717, 1.165) is 5.69 Å². The summed E-state index contributed by atoms with van der Waals surface area (Å²) in [7, 11) is 0. The zero-order valence-corrected chi connectivity index (χ0v) is 8.53. The van der Waals surface area contributed by atoms with E-state index in [2.05, 4.69) is 11.2 Å². The summed E-state index contributed by atoms with van der Waals surface area (Å²) in [4.78, 5) is 10.6. The zero-order chi connectivity index (χ0) is 11.3.